The Morgan fingerprint density at radius 3 is 1.55 bits per heavy atom. The molecule has 0 atom stereocenters. The van der Waals surface area contributed by atoms with Crippen LogP contribution in [0.25, 0.3) is 60.9 Å². The number of hydrogen-bond acceptors (Lipinski definition) is 1. The van der Waals surface area contributed by atoms with Crippen molar-refractivity contribution in [3.8, 4) is 39.1 Å². The predicted octanol–water partition coefficient (Wildman–Crippen LogP) is 9.37. The minimum atomic E-state index is 0.770. The number of anilines is 1. The number of benzene rings is 6. The Morgan fingerprint density at radius 1 is 0.395 bits per heavy atom. The van der Waals surface area contributed by atoms with Crippen molar-refractivity contribution in [1.82, 2.24) is 4.57 Å². The van der Waals surface area contributed by atoms with E-state index in [1.165, 1.54) is 55.3 Å². The van der Waals surface area contributed by atoms with Crippen LogP contribution in [-0.4, -0.2) is 4.57 Å². The summed E-state index contributed by atoms with van der Waals surface area (Å²) in [5, 5.41) is 2.52. The van der Waals surface area contributed by atoms with E-state index in [2.05, 4.69) is 138 Å². The van der Waals surface area contributed by atoms with Gasteiger partial charge in [-0.15, -0.1) is 0 Å². The van der Waals surface area contributed by atoms with Gasteiger partial charge in [0, 0.05) is 22.0 Å². The number of nitrogens with two attached hydrogens (primary N) is 1. The molecule has 0 aliphatic heterocycles. The molecule has 0 aliphatic carbocycles. The zero-order valence-corrected chi connectivity index (χ0v) is 20.9. The van der Waals surface area contributed by atoms with Crippen molar-refractivity contribution in [1.29, 1.82) is 0 Å². The van der Waals surface area contributed by atoms with Crippen LogP contribution >= 0.6 is 0 Å². The van der Waals surface area contributed by atoms with Crippen LogP contribution in [0.2, 0.25) is 0 Å². The minimum Gasteiger partial charge on any atom is -0.399 e. The lowest BCUT2D eigenvalue weighted by molar-refractivity contribution is 1.18. The van der Waals surface area contributed by atoms with Crippen LogP contribution in [0.1, 0.15) is 0 Å². The van der Waals surface area contributed by atoms with Crippen molar-refractivity contribution in [2.75, 3.05) is 5.73 Å². The van der Waals surface area contributed by atoms with Gasteiger partial charge in [0.05, 0.1) is 16.7 Å². The maximum atomic E-state index is 5.99. The van der Waals surface area contributed by atoms with Crippen LogP contribution in [0.3, 0.4) is 0 Å². The third-order valence-electron chi connectivity index (χ3n) is 7.36. The molecule has 1 heterocycles. The van der Waals surface area contributed by atoms with Gasteiger partial charge < -0.3 is 10.3 Å². The molecular formula is C36H26N2. The molecule has 180 valence electrons. The van der Waals surface area contributed by atoms with E-state index in [9.17, 15) is 0 Å². The highest BCUT2D eigenvalue weighted by Gasteiger charge is 2.17. The predicted molar refractivity (Wildman–Crippen MR) is 162 cm³/mol. The molecule has 0 unspecified atom stereocenters. The van der Waals surface area contributed by atoms with Crippen molar-refractivity contribution in [2.24, 2.45) is 0 Å². The standard InChI is InChI=1S/C36H26N2/c37-28-21-18-26(19-22-28)29-12-4-5-13-30(29)27-20-23-31(25-10-2-1-3-11-25)36(24-27)38-34-16-8-6-14-32(34)33-15-7-9-17-35(33)38/h1-24H,37H2. The summed E-state index contributed by atoms with van der Waals surface area (Å²) < 4.78 is 2.42. The molecule has 2 nitrogen and oxygen atoms in total. The van der Waals surface area contributed by atoms with E-state index in [-0.39, 0.29) is 0 Å². The smallest absolute Gasteiger partial charge is 0.0546 e. The Hall–Kier alpha value is -5.08. The van der Waals surface area contributed by atoms with Crippen LogP contribution in [0, 0.1) is 0 Å². The van der Waals surface area contributed by atoms with Gasteiger partial charge in [-0.2, -0.15) is 0 Å². The van der Waals surface area contributed by atoms with Crippen molar-refractivity contribution >= 4 is 27.5 Å². The Kier molecular flexibility index (Phi) is 5.30. The number of para-hydroxylation sites is 2. The molecule has 1 aromatic heterocycles. The maximum Gasteiger partial charge on any atom is 0.0546 e. The van der Waals surface area contributed by atoms with Gasteiger partial charge >= 0.3 is 0 Å². The van der Waals surface area contributed by atoms with Gasteiger partial charge in [0.15, 0.2) is 0 Å². The quantitative estimate of drug-likeness (QED) is 0.247. The van der Waals surface area contributed by atoms with Crippen LogP contribution in [0.4, 0.5) is 5.69 Å². The molecule has 6 aromatic carbocycles. The second kappa shape index (κ2) is 9.10. The summed E-state index contributed by atoms with van der Waals surface area (Å²) in [6.45, 7) is 0. The Labute approximate surface area is 222 Å². The normalized spacial score (nSPS) is 11.3. The minimum absolute atomic E-state index is 0.770. The first kappa shape index (κ1) is 22.1. The SMILES string of the molecule is Nc1ccc(-c2ccccc2-c2ccc(-c3ccccc3)c(-n3c4ccccc4c4ccccc43)c2)cc1. The molecule has 2 heteroatoms. The second-order valence-corrected chi connectivity index (χ2v) is 9.64. The molecule has 38 heavy (non-hydrogen) atoms. The highest BCUT2D eigenvalue weighted by molar-refractivity contribution is 6.10. The lowest BCUT2D eigenvalue weighted by atomic mass is 9.92. The van der Waals surface area contributed by atoms with Gasteiger partial charge in [-0.25, -0.2) is 0 Å². The summed E-state index contributed by atoms with van der Waals surface area (Å²) in [6.07, 6.45) is 0. The van der Waals surface area contributed by atoms with E-state index in [0.717, 1.165) is 11.3 Å². The maximum absolute atomic E-state index is 5.99. The summed E-state index contributed by atoms with van der Waals surface area (Å²) in [4.78, 5) is 0. The Morgan fingerprint density at radius 2 is 0.895 bits per heavy atom. The molecule has 0 radical (unpaired) electrons. The monoisotopic (exact) mass is 486 g/mol. The van der Waals surface area contributed by atoms with Crippen LogP contribution < -0.4 is 5.73 Å². The third kappa shape index (κ3) is 3.66. The molecule has 0 fully saturated rings. The fraction of sp³-hybridized carbons (Fsp3) is 0. The fourth-order valence-corrected chi connectivity index (χ4v) is 5.58. The van der Waals surface area contributed by atoms with Gasteiger partial charge in [-0.3, -0.25) is 0 Å². The van der Waals surface area contributed by atoms with E-state index in [1.807, 2.05) is 12.1 Å². The second-order valence-electron chi connectivity index (χ2n) is 9.64. The lowest BCUT2D eigenvalue weighted by Crippen LogP contribution is -1.98. The van der Waals surface area contributed by atoms with E-state index in [4.69, 9.17) is 5.73 Å². The molecule has 0 spiro atoms. The highest BCUT2D eigenvalue weighted by atomic mass is 15.0. The third-order valence-corrected chi connectivity index (χ3v) is 7.36. The lowest BCUT2D eigenvalue weighted by Gasteiger charge is -2.17. The summed E-state index contributed by atoms with van der Waals surface area (Å²) in [5.74, 6) is 0. The first-order valence-corrected chi connectivity index (χ1v) is 12.9. The van der Waals surface area contributed by atoms with Gasteiger partial charge in [0.1, 0.15) is 0 Å². The number of rotatable bonds is 4. The zero-order chi connectivity index (χ0) is 25.5. The number of aromatic nitrogens is 1. The summed E-state index contributed by atoms with van der Waals surface area (Å²) >= 11 is 0. The Bertz CT molecular complexity index is 1860. The van der Waals surface area contributed by atoms with Crippen molar-refractivity contribution in [3.05, 3.63) is 146 Å². The fourth-order valence-electron chi connectivity index (χ4n) is 5.58. The van der Waals surface area contributed by atoms with Crippen molar-refractivity contribution < 1.29 is 0 Å². The first-order chi connectivity index (χ1) is 18.8. The van der Waals surface area contributed by atoms with Crippen LogP contribution in [-0.2, 0) is 0 Å². The molecule has 0 aliphatic rings. The van der Waals surface area contributed by atoms with Crippen LogP contribution in [0.5, 0.6) is 0 Å². The molecule has 0 saturated carbocycles. The first-order valence-electron chi connectivity index (χ1n) is 12.9. The van der Waals surface area contributed by atoms with E-state index >= 15 is 0 Å². The largest absolute Gasteiger partial charge is 0.399 e. The zero-order valence-electron chi connectivity index (χ0n) is 20.9. The Balaban J connectivity index is 1.53. The number of fused-ring (bicyclic) bond motifs is 3. The number of nitrogens with zero attached hydrogens (tertiary/aromatic N) is 1. The molecule has 2 N–H and O–H groups in total. The average Bonchev–Trinajstić information content (AvgIpc) is 3.32. The average molecular weight is 487 g/mol. The molecule has 0 saturated heterocycles. The molecule has 7 aromatic rings. The van der Waals surface area contributed by atoms with E-state index < -0.39 is 0 Å². The van der Waals surface area contributed by atoms with Gasteiger partial charge in [0.25, 0.3) is 0 Å². The molecular weight excluding hydrogens is 460 g/mol. The molecule has 0 bridgehead atoms. The molecule has 0 amide bonds. The number of nitrogen functional groups attached to an aromatic ring is 1. The van der Waals surface area contributed by atoms with Crippen LogP contribution in [0.15, 0.2) is 146 Å². The topological polar surface area (TPSA) is 30.9 Å². The van der Waals surface area contributed by atoms with Gasteiger partial charge in [0.2, 0.25) is 0 Å². The highest BCUT2D eigenvalue weighted by Crippen LogP contribution is 2.40. The van der Waals surface area contributed by atoms with Gasteiger partial charge in [-0.1, -0.05) is 115 Å². The van der Waals surface area contributed by atoms with Crippen molar-refractivity contribution in [3.63, 3.8) is 0 Å². The summed E-state index contributed by atoms with van der Waals surface area (Å²) in [5.41, 5.74) is 17.4. The van der Waals surface area contributed by atoms with E-state index in [0.29, 0.717) is 0 Å². The summed E-state index contributed by atoms with van der Waals surface area (Å²) in [6, 6.07) is 51.6. The van der Waals surface area contributed by atoms with E-state index in [1.54, 1.807) is 0 Å². The number of hydrogen-bond donors (Lipinski definition) is 1. The van der Waals surface area contributed by atoms with Gasteiger partial charge in [-0.05, 0) is 58.1 Å². The summed E-state index contributed by atoms with van der Waals surface area (Å²) in [7, 11) is 0. The molecule has 7 rings (SSSR count). The van der Waals surface area contributed by atoms with Crippen molar-refractivity contribution in [2.45, 2.75) is 0 Å².